The van der Waals surface area contributed by atoms with Crippen molar-refractivity contribution in [3.05, 3.63) is 101 Å². The molecule has 0 spiro atoms. The van der Waals surface area contributed by atoms with E-state index in [1.807, 2.05) is 72.8 Å². The number of hydrogen-bond acceptors (Lipinski definition) is 10. The lowest BCUT2D eigenvalue weighted by atomic mass is 10.0. The largest absolute Gasteiger partial charge is 0.480 e. The first-order valence-corrected chi connectivity index (χ1v) is 17.3. The van der Waals surface area contributed by atoms with Crippen molar-refractivity contribution in [3.63, 3.8) is 0 Å². The molecular formula is C38H49N3O9S. The van der Waals surface area contributed by atoms with Crippen LogP contribution in [0.1, 0.15) is 61.4 Å². The summed E-state index contributed by atoms with van der Waals surface area (Å²) in [6, 6.07) is 19.9. The van der Waals surface area contributed by atoms with Crippen LogP contribution in [0.2, 0.25) is 0 Å². The summed E-state index contributed by atoms with van der Waals surface area (Å²) >= 11 is 1.47. The van der Waals surface area contributed by atoms with Crippen molar-refractivity contribution in [2.24, 2.45) is 17.2 Å². The summed E-state index contributed by atoms with van der Waals surface area (Å²) in [5.74, 6) is -2.07. The van der Waals surface area contributed by atoms with Gasteiger partial charge in [-0.3, -0.25) is 19.2 Å². The van der Waals surface area contributed by atoms with E-state index < -0.39 is 36.0 Å². The van der Waals surface area contributed by atoms with Crippen LogP contribution in [0.5, 0.6) is 0 Å². The Morgan fingerprint density at radius 1 is 0.490 bits per heavy atom. The Bertz CT molecular complexity index is 1390. The van der Waals surface area contributed by atoms with Gasteiger partial charge in [0.15, 0.2) is 0 Å². The fourth-order valence-electron chi connectivity index (χ4n) is 4.26. The predicted octanol–water partition coefficient (Wildman–Crippen LogP) is 3.65. The molecule has 0 aromatic heterocycles. The van der Waals surface area contributed by atoms with E-state index in [1.54, 1.807) is 20.8 Å². The summed E-state index contributed by atoms with van der Waals surface area (Å²) in [5, 5.41) is 26.0. The number of Topliss-reactive ketones (excluding diaryl/α,β-unsaturated/α-hetero) is 3. The molecule has 3 unspecified atom stereocenters. The van der Waals surface area contributed by atoms with Gasteiger partial charge in [0.1, 0.15) is 35.5 Å². The molecule has 276 valence electrons. The average Bonchev–Trinajstić information content (AvgIpc) is 3.07. The third-order valence-electron chi connectivity index (χ3n) is 7.26. The molecule has 13 heteroatoms. The van der Waals surface area contributed by atoms with Gasteiger partial charge in [0, 0.05) is 17.7 Å². The number of ketones is 3. The Balaban J connectivity index is 0.000000382. The number of carbonyl (C=O) groups excluding carboxylic acids is 3. The first-order valence-electron chi connectivity index (χ1n) is 16.3. The van der Waals surface area contributed by atoms with Crippen LogP contribution in [0.15, 0.2) is 77.7 Å². The second-order valence-corrected chi connectivity index (χ2v) is 13.2. The van der Waals surface area contributed by atoms with Gasteiger partial charge in [0.05, 0.1) is 5.75 Å². The Morgan fingerprint density at radius 2 is 0.765 bits per heavy atom. The van der Waals surface area contributed by atoms with Gasteiger partial charge < -0.3 is 42.1 Å². The van der Waals surface area contributed by atoms with Crippen LogP contribution < -0.4 is 17.2 Å². The highest BCUT2D eigenvalue weighted by Crippen LogP contribution is 2.19. The van der Waals surface area contributed by atoms with Crippen LogP contribution in [0.25, 0.3) is 0 Å². The summed E-state index contributed by atoms with van der Waals surface area (Å²) in [6.07, 6.45) is 3.47. The lowest BCUT2D eigenvalue weighted by Crippen LogP contribution is -2.32. The van der Waals surface area contributed by atoms with E-state index in [-0.39, 0.29) is 17.3 Å². The van der Waals surface area contributed by atoms with Crippen molar-refractivity contribution in [1.82, 2.24) is 0 Å². The SMILES string of the molecule is CC(=O)CCc1ccc(CC(N)C(=O)O)cc1.CC(=O)CCc1ccc(CC(N)C(=O)O)cc1.CC(=O)CSc1ccc(CC(N)C(=O)O)cc1. The maximum Gasteiger partial charge on any atom is 0.320 e. The Kier molecular flexibility index (Phi) is 20.6. The standard InChI is InChI=1S/2C13H17NO3.C12H15NO3S/c2*1-9(15)2-3-10-4-6-11(7-5-10)8-12(14)13(16)17;1-8(14)7-17-10-4-2-9(3-5-10)6-11(13)12(15)16/h2*4-7,12H,2-3,8,14H2,1H3,(H,16,17);2-5,11H,6-7,13H2,1H3,(H,15,16). The highest BCUT2D eigenvalue weighted by Gasteiger charge is 2.13. The highest BCUT2D eigenvalue weighted by molar-refractivity contribution is 8.00. The molecule has 0 fully saturated rings. The summed E-state index contributed by atoms with van der Waals surface area (Å²) in [5.41, 5.74) is 21.1. The number of nitrogens with two attached hydrogens (primary N) is 3. The molecule has 0 heterocycles. The molecule has 0 aliphatic carbocycles. The molecule has 0 radical (unpaired) electrons. The van der Waals surface area contributed by atoms with Crippen LogP contribution in [-0.4, -0.2) is 74.5 Å². The fourth-order valence-corrected chi connectivity index (χ4v) is 4.95. The van der Waals surface area contributed by atoms with E-state index in [9.17, 15) is 28.8 Å². The first-order chi connectivity index (χ1) is 24.0. The number of aliphatic carboxylic acids is 3. The summed E-state index contributed by atoms with van der Waals surface area (Å²) < 4.78 is 0. The van der Waals surface area contributed by atoms with E-state index in [0.29, 0.717) is 37.9 Å². The van der Waals surface area contributed by atoms with Crippen LogP contribution in [0.4, 0.5) is 0 Å². The number of carboxylic acid groups (broad SMARTS) is 3. The minimum absolute atomic E-state index is 0.131. The number of thioether (sulfide) groups is 1. The number of aryl methyl sites for hydroxylation is 2. The van der Waals surface area contributed by atoms with Gasteiger partial charge in [-0.1, -0.05) is 60.7 Å². The van der Waals surface area contributed by atoms with Gasteiger partial charge in [-0.15, -0.1) is 11.8 Å². The molecule has 0 aliphatic rings. The zero-order valence-electron chi connectivity index (χ0n) is 29.2. The first kappa shape index (κ1) is 44.3. The van der Waals surface area contributed by atoms with Gasteiger partial charge in [0.2, 0.25) is 0 Å². The predicted molar refractivity (Wildman–Crippen MR) is 197 cm³/mol. The topological polar surface area (TPSA) is 241 Å². The molecule has 3 aromatic rings. The van der Waals surface area contributed by atoms with Crippen molar-refractivity contribution in [2.45, 2.75) is 88.7 Å². The van der Waals surface area contributed by atoms with Gasteiger partial charge in [0.25, 0.3) is 0 Å². The lowest BCUT2D eigenvalue weighted by Gasteiger charge is -2.07. The van der Waals surface area contributed by atoms with Gasteiger partial charge in [-0.2, -0.15) is 0 Å². The minimum atomic E-state index is -1.000. The van der Waals surface area contributed by atoms with Crippen LogP contribution in [-0.2, 0) is 60.9 Å². The Hall–Kier alpha value is -4.69. The van der Waals surface area contributed by atoms with Gasteiger partial charge in [-0.25, -0.2) is 0 Å². The average molecular weight is 724 g/mol. The maximum absolute atomic E-state index is 10.8. The van der Waals surface area contributed by atoms with E-state index >= 15 is 0 Å². The zero-order chi connectivity index (χ0) is 38.5. The van der Waals surface area contributed by atoms with E-state index in [4.69, 9.17) is 32.5 Å². The second-order valence-electron chi connectivity index (χ2n) is 12.1. The Morgan fingerprint density at radius 3 is 1.02 bits per heavy atom. The van der Waals surface area contributed by atoms with Gasteiger partial charge in [-0.05, 0) is 92.8 Å². The smallest absolute Gasteiger partial charge is 0.320 e. The van der Waals surface area contributed by atoms with Crippen molar-refractivity contribution < 1.29 is 44.1 Å². The quantitative estimate of drug-likeness (QED) is 0.103. The molecule has 3 aromatic carbocycles. The number of benzene rings is 3. The second kappa shape index (κ2) is 23.7. The molecule has 0 saturated heterocycles. The molecule has 9 N–H and O–H groups in total. The normalized spacial score (nSPS) is 12.1. The summed E-state index contributed by atoms with van der Waals surface area (Å²) in [6.45, 7) is 4.69. The zero-order valence-corrected chi connectivity index (χ0v) is 30.1. The van der Waals surface area contributed by atoms with E-state index in [2.05, 4.69) is 0 Å². The van der Waals surface area contributed by atoms with Crippen LogP contribution in [0, 0.1) is 0 Å². The number of hydrogen-bond donors (Lipinski definition) is 6. The molecule has 0 aliphatic heterocycles. The van der Waals surface area contributed by atoms with Crippen molar-refractivity contribution in [3.8, 4) is 0 Å². The maximum atomic E-state index is 10.8. The molecule has 0 saturated carbocycles. The molecule has 51 heavy (non-hydrogen) atoms. The Labute approximate surface area is 302 Å². The summed E-state index contributed by atoms with van der Waals surface area (Å²) in [4.78, 5) is 65.2. The van der Waals surface area contributed by atoms with Gasteiger partial charge >= 0.3 is 17.9 Å². The van der Waals surface area contributed by atoms with Crippen molar-refractivity contribution in [1.29, 1.82) is 0 Å². The third kappa shape index (κ3) is 20.6. The van der Waals surface area contributed by atoms with E-state index in [1.165, 1.54) is 11.8 Å². The van der Waals surface area contributed by atoms with E-state index in [0.717, 1.165) is 45.6 Å². The van der Waals surface area contributed by atoms with Crippen molar-refractivity contribution >= 4 is 47.0 Å². The fraction of sp³-hybridized carbons (Fsp3) is 0.368. The van der Waals surface area contributed by atoms with Crippen LogP contribution >= 0.6 is 11.8 Å². The lowest BCUT2D eigenvalue weighted by molar-refractivity contribution is -0.139. The third-order valence-corrected chi connectivity index (χ3v) is 8.42. The minimum Gasteiger partial charge on any atom is -0.480 e. The molecule has 3 atom stereocenters. The molecule has 12 nitrogen and oxygen atoms in total. The molecular weight excluding hydrogens is 674 g/mol. The summed E-state index contributed by atoms with van der Waals surface area (Å²) in [7, 11) is 0. The molecule has 3 rings (SSSR count). The number of carbonyl (C=O) groups is 6. The highest BCUT2D eigenvalue weighted by atomic mass is 32.2. The molecule has 0 amide bonds. The van der Waals surface area contributed by atoms with Crippen LogP contribution in [0.3, 0.4) is 0 Å². The number of rotatable bonds is 18. The monoisotopic (exact) mass is 723 g/mol. The number of carboxylic acids is 3. The molecule has 0 bridgehead atoms. The van der Waals surface area contributed by atoms with Crippen molar-refractivity contribution in [2.75, 3.05) is 5.75 Å².